The van der Waals surface area contributed by atoms with Crippen LogP contribution in [0, 0.1) is 25.2 Å². The van der Waals surface area contributed by atoms with E-state index in [0.29, 0.717) is 17.7 Å². The Kier molecular flexibility index (Phi) is 4.43. The molecule has 0 fully saturated rings. The van der Waals surface area contributed by atoms with Gasteiger partial charge in [0.2, 0.25) is 0 Å². The van der Waals surface area contributed by atoms with Crippen LogP contribution in [0.3, 0.4) is 0 Å². The highest BCUT2D eigenvalue weighted by Gasteiger charge is 2.13. The Labute approximate surface area is 124 Å². The van der Waals surface area contributed by atoms with Gasteiger partial charge in [0.05, 0.1) is 35.9 Å². The van der Waals surface area contributed by atoms with E-state index < -0.39 is 9.84 Å². The molecule has 0 saturated carbocycles. The molecule has 0 amide bonds. The lowest BCUT2D eigenvalue weighted by Gasteiger charge is -2.06. The minimum Gasteiger partial charge on any atom is -0.271 e. The van der Waals surface area contributed by atoms with E-state index in [1.54, 1.807) is 29.1 Å². The summed E-state index contributed by atoms with van der Waals surface area (Å²) in [5.41, 5.74) is 3.02. The molecule has 0 aliphatic rings. The van der Waals surface area contributed by atoms with Gasteiger partial charge in [-0.15, -0.1) is 0 Å². The highest BCUT2D eigenvalue weighted by molar-refractivity contribution is 7.90. The van der Waals surface area contributed by atoms with Crippen LogP contribution in [-0.4, -0.2) is 24.0 Å². The van der Waals surface area contributed by atoms with Crippen molar-refractivity contribution in [2.24, 2.45) is 0 Å². The quantitative estimate of drug-likeness (QED) is 0.846. The van der Waals surface area contributed by atoms with E-state index >= 15 is 0 Å². The SMILES string of the molecule is Cc1cnn(CCS(=O)(=O)Cc2ccc(C)c(C#N)c2)c1. The summed E-state index contributed by atoms with van der Waals surface area (Å²) in [6, 6.07) is 7.25. The summed E-state index contributed by atoms with van der Waals surface area (Å²) >= 11 is 0. The van der Waals surface area contributed by atoms with E-state index in [4.69, 9.17) is 5.26 Å². The zero-order valence-corrected chi connectivity index (χ0v) is 12.9. The number of nitrogens with zero attached hydrogens (tertiary/aromatic N) is 3. The summed E-state index contributed by atoms with van der Waals surface area (Å²) in [7, 11) is -3.23. The van der Waals surface area contributed by atoms with Gasteiger partial charge in [-0.05, 0) is 36.6 Å². The molecule has 0 aliphatic heterocycles. The summed E-state index contributed by atoms with van der Waals surface area (Å²) in [6.07, 6.45) is 3.51. The van der Waals surface area contributed by atoms with Gasteiger partial charge in [-0.2, -0.15) is 10.4 Å². The molecule has 0 atom stereocenters. The largest absolute Gasteiger partial charge is 0.271 e. The van der Waals surface area contributed by atoms with Crippen molar-refractivity contribution in [1.82, 2.24) is 9.78 Å². The maximum atomic E-state index is 12.1. The molecule has 0 spiro atoms. The minimum absolute atomic E-state index is 0.0316. The van der Waals surface area contributed by atoms with Gasteiger partial charge in [-0.3, -0.25) is 4.68 Å². The second-order valence-electron chi connectivity index (χ2n) is 5.13. The highest BCUT2D eigenvalue weighted by Crippen LogP contribution is 2.13. The normalized spacial score (nSPS) is 11.3. The van der Waals surface area contributed by atoms with Crippen LogP contribution in [0.25, 0.3) is 0 Å². The second kappa shape index (κ2) is 6.10. The van der Waals surface area contributed by atoms with Crippen molar-refractivity contribution in [3.05, 3.63) is 52.8 Å². The summed E-state index contributed by atoms with van der Waals surface area (Å²) in [5, 5.41) is 13.1. The molecule has 2 aromatic rings. The van der Waals surface area contributed by atoms with Crippen molar-refractivity contribution in [2.75, 3.05) is 5.75 Å². The number of hydrogen-bond donors (Lipinski definition) is 0. The molecule has 2 rings (SSSR count). The van der Waals surface area contributed by atoms with E-state index in [1.165, 1.54) is 0 Å². The Morgan fingerprint density at radius 2 is 2.10 bits per heavy atom. The molecule has 0 unspecified atom stereocenters. The van der Waals surface area contributed by atoms with E-state index in [9.17, 15) is 8.42 Å². The molecule has 1 heterocycles. The average molecular weight is 303 g/mol. The number of hydrogen-bond acceptors (Lipinski definition) is 4. The standard InChI is InChI=1S/C15H17N3O2S/c1-12-9-17-18(10-12)5-6-21(19,20)11-14-4-3-13(2)15(7-14)8-16/h3-4,7,9-10H,5-6,11H2,1-2H3. The van der Waals surface area contributed by atoms with Crippen LogP contribution in [0.1, 0.15) is 22.3 Å². The van der Waals surface area contributed by atoms with Crippen LogP contribution >= 0.6 is 0 Å². The molecule has 0 saturated heterocycles. The maximum absolute atomic E-state index is 12.1. The van der Waals surface area contributed by atoms with E-state index in [2.05, 4.69) is 11.2 Å². The predicted molar refractivity (Wildman–Crippen MR) is 80.3 cm³/mol. The number of sulfone groups is 1. The van der Waals surface area contributed by atoms with Crippen molar-refractivity contribution in [3.63, 3.8) is 0 Å². The van der Waals surface area contributed by atoms with Gasteiger partial charge in [-0.25, -0.2) is 8.42 Å². The fourth-order valence-corrected chi connectivity index (χ4v) is 3.32. The van der Waals surface area contributed by atoms with Crippen molar-refractivity contribution >= 4 is 9.84 Å². The monoisotopic (exact) mass is 303 g/mol. The van der Waals surface area contributed by atoms with Crippen LogP contribution < -0.4 is 0 Å². The summed E-state index contributed by atoms with van der Waals surface area (Å²) in [6.45, 7) is 4.08. The summed E-state index contributed by atoms with van der Waals surface area (Å²) in [4.78, 5) is 0. The topological polar surface area (TPSA) is 75.8 Å². The lowest BCUT2D eigenvalue weighted by Crippen LogP contribution is -2.15. The molecule has 5 nitrogen and oxygen atoms in total. The first-order valence-electron chi connectivity index (χ1n) is 6.59. The molecule has 6 heteroatoms. The highest BCUT2D eigenvalue weighted by atomic mass is 32.2. The molecular formula is C15H17N3O2S. The first kappa shape index (κ1) is 15.3. The zero-order valence-electron chi connectivity index (χ0n) is 12.1. The number of benzene rings is 1. The van der Waals surface area contributed by atoms with Gasteiger partial charge in [0, 0.05) is 6.20 Å². The Hall–Kier alpha value is -2.13. The van der Waals surface area contributed by atoms with Gasteiger partial charge in [0.1, 0.15) is 0 Å². The molecular weight excluding hydrogens is 286 g/mol. The molecule has 1 aromatic heterocycles. The Morgan fingerprint density at radius 1 is 1.33 bits per heavy atom. The number of aromatic nitrogens is 2. The third-order valence-corrected chi connectivity index (χ3v) is 4.78. The van der Waals surface area contributed by atoms with Crippen LogP contribution in [-0.2, 0) is 22.1 Å². The molecule has 0 bridgehead atoms. The van der Waals surface area contributed by atoms with Crippen LogP contribution in [0.5, 0.6) is 0 Å². The Morgan fingerprint density at radius 3 is 2.71 bits per heavy atom. The van der Waals surface area contributed by atoms with Crippen molar-refractivity contribution in [1.29, 1.82) is 5.26 Å². The third-order valence-electron chi connectivity index (χ3n) is 3.20. The van der Waals surface area contributed by atoms with Gasteiger partial charge in [0.15, 0.2) is 9.84 Å². The smallest absolute Gasteiger partial charge is 0.156 e. The minimum atomic E-state index is -3.23. The van der Waals surface area contributed by atoms with Gasteiger partial charge >= 0.3 is 0 Å². The fraction of sp³-hybridized carbons (Fsp3) is 0.333. The summed E-state index contributed by atoms with van der Waals surface area (Å²) in [5.74, 6) is -0.0217. The first-order valence-corrected chi connectivity index (χ1v) is 8.41. The zero-order chi connectivity index (χ0) is 15.5. The van der Waals surface area contributed by atoms with Crippen LogP contribution in [0.15, 0.2) is 30.6 Å². The van der Waals surface area contributed by atoms with Crippen molar-refractivity contribution in [2.45, 2.75) is 26.1 Å². The van der Waals surface area contributed by atoms with E-state index in [-0.39, 0.29) is 11.5 Å². The lowest BCUT2D eigenvalue weighted by atomic mass is 10.1. The molecule has 0 N–H and O–H groups in total. The third kappa shape index (κ3) is 4.17. The molecule has 110 valence electrons. The average Bonchev–Trinajstić information content (AvgIpc) is 2.84. The maximum Gasteiger partial charge on any atom is 0.156 e. The van der Waals surface area contributed by atoms with Crippen molar-refractivity contribution in [3.8, 4) is 6.07 Å². The van der Waals surface area contributed by atoms with Crippen LogP contribution in [0.2, 0.25) is 0 Å². The van der Waals surface area contributed by atoms with Crippen LogP contribution in [0.4, 0.5) is 0 Å². The molecule has 0 radical (unpaired) electrons. The molecule has 0 aliphatic carbocycles. The molecule has 21 heavy (non-hydrogen) atoms. The van der Waals surface area contributed by atoms with E-state index in [1.807, 2.05) is 20.0 Å². The Bertz CT molecular complexity index is 785. The predicted octanol–water partition coefficient (Wildman–Crippen LogP) is 1.99. The second-order valence-corrected chi connectivity index (χ2v) is 7.32. The van der Waals surface area contributed by atoms with Gasteiger partial charge in [-0.1, -0.05) is 12.1 Å². The van der Waals surface area contributed by atoms with E-state index in [0.717, 1.165) is 11.1 Å². The van der Waals surface area contributed by atoms with Gasteiger partial charge < -0.3 is 0 Å². The number of rotatable bonds is 5. The molecule has 1 aromatic carbocycles. The lowest BCUT2D eigenvalue weighted by molar-refractivity contribution is 0.580. The number of aryl methyl sites for hydroxylation is 3. The Balaban J connectivity index is 2.05. The first-order chi connectivity index (χ1) is 9.89. The fourth-order valence-electron chi connectivity index (χ4n) is 2.03. The van der Waals surface area contributed by atoms with Crippen molar-refractivity contribution < 1.29 is 8.42 Å². The summed E-state index contributed by atoms with van der Waals surface area (Å²) < 4.78 is 25.9. The van der Waals surface area contributed by atoms with Gasteiger partial charge in [0.25, 0.3) is 0 Å². The number of nitriles is 1.